The molecule has 8 heteroatoms. The van der Waals surface area contributed by atoms with E-state index >= 15 is 0 Å². The van der Waals surface area contributed by atoms with Gasteiger partial charge in [-0.25, -0.2) is 4.98 Å². The van der Waals surface area contributed by atoms with Crippen LogP contribution in [-0.4, -0.2) is 36.9 Å². The van der Waals surface area contributed by atoms with Gasteiger partial charge in [0.2, 0.25) is 5.95 Å². The van der Waals surface area contributed by atoms with Crippen molar-refractivity contribution < 1.29 is 9.84 Å². The van der Waals surface area contributed by atoms with Gasteiger partial charge in [-0.2, -0.15) is 5.10 Å². The first kappa shape index (κ1) is 21.6. The molecule has 0 aliphatic heterocycles. The predicted molar refractivity (Wildman–Crippen MR) is 137 cm³/mol. The Labute approximate surface area is 203 Å². The molecule has 35 heavy (non-hydrogen) atoms. The van der Waals surface area contributed by atoms with Gasteiger partial charge in [0.1, 0.15) is 5.75 Å². The van der Waals surface area contributed by atoms with Crippen molar-refractivity contribution in [3.8, 4) is 16.9 Å². The quantitative estimate of drug-likeness (QED) is 0.294. The highest BCUT2D eigenvalue weighted by molar-refractivity contribution is 5.95. The zero-order valence-corrected chi connectivity index (χ0v) is 19.7. The number of fused-ring (bicyclic) bond motifs is 2. The lowest BCUT2D eigenvalue weighted by Gasteiger charge is -2.25. The van der Waals surface area contributed by atoms with E-state index in [1.165, 1.54) is 19.3 Å². The maximum Gasteiger partial charge on any atom is 0.209 e. The van der Waals surface area contributed by atoms with E-state index < -0.39 is 0 Å². The molecule has 0 radical (unpaired) electrons. The Morgan fingerprint density at radius 2 is 2.00 bits per heavy atom. The minimum atomic E-state index is -0.000420. The SMILES string of the molecule is COc1ccncc1-c1ccc2[nH]nc(Nc3nc4cc(CO)ccc4n3C3CCCCC3)c2c1. The van der Waals surface area contributed by atoms with Crippen LogP contribution in [0.25, 0.3) is 33.1 Å². The van der Waals surface area contributed by atoms with Crippen LogP contribution in [0.1, 0.15) is 43.7 Å². The molecular weight excluding hydrogens is 440 g/mol. The number of aliphatic hydroxyl groups excluding tert-OH is 1. The van der Waals surface area contributed by atoms with E-state index in [1.54, 1.807) is 13.3 Å². The van der Waals surface area contributed by atoms with Gasteiger partial charge < -0.3 is 19.7 Å². The number of pyridine rings is 1. The van der Waals surface area contributed by atoms with Crippen molar-refractivity contribution >= 4 is 33.7 Å². The van der Waals surface area contributed by atoms with Crippen molar-refractivity contribution in [2.75, 3.05) is 12.4 Å². The van der Waals surface area contributed by atoms with Gasteiger partial charge in [0, 0.05) is 29.4 Å². The molecule has 1 aliphatic carbocycles. The topological polar surface area (TPSA) is 101 Å². The van der Waals surface area contributed by atoms with Crippen LogP contribution in [0.3, 0.4) is 0 Å². The molecule has 8 nitrogen and oxygen atoms in total. The van der Waals surface area contributed by atoms with E-state index in [0.29, 0.717) is 6.04 Å². The Morgan fingerprint density at radius 3 is 2.83 bits per heavy atom. The van der Waals surface area contributed by atoms with Gasteiger partial charge in [-0.15, -0.1) is 0 Å². The highest BCUT2D eigenvalue weighted by atomic mass is 16.5. The number of benzene rings is 2. The molecule has 178 valence electrons. The molecule has 0 bridgehead atoms. The molecule has 0 unspecified atom stereocenters. The average Bonchev–Trinajstić information content (AvgIpc) is 3.49. The smallest absolute Gasteiger partial charge is 0.209 e. The average molecular weight is 469 g/mol. The van der Waals surface area contributed by atoms with Crippen LogP contribution in [-0.2, 0) is 6.61 Å². The first-order valence-corrected chi connectivity index (χ1v) is 12.1. The van der Waals surface area contributed by atoms with E-state index in [4.69, 9.17) is 9.72 Å². The summed E-state index contributed by atoms with van der Waals surface area (Å²) in [5.74, 6) is 2.27. The Morgan fingerprint density at radius 1 is 1.11 bits per heavy atom. The van der Waals surface area contributed by atoms with Gasteiger partial charge in [-0.05, 0) is 54.3 Å². The maximum atomic E-state index is 9.63. The van der Waals surface area contributed by atoms with Crippen molar-refractivity contribution in [3.05, 3.63) is 60.4 Å². The zero-order chi connectivity index (χ0) is 23.8. The fourth-order valence-corrected chi connectivity index (χ4v) is 5.20. The summed E-state index contributed by atoms with van der Waals surface area (Å²) in [6.45, 7) is -0.000420. The van der Waals surface area contributed by atoms with Crippen molar-refractivity contribution in [1.29, 1.82) is 0 Å². The van der Waals surface area contributed by atoms with E-state index in [2.05, 4.69) is 37.2 Å². The highest BCUT2D eigenvalue weighted by Crippen LogP contribution is 2.37. The van der Waals surface area contributed by atoms with E-state index in [-0.39, 0.29) is 6.61 Å². The lowest BCUT2D eigenvalue weighted by atomic mass is 9.95. The molecule has 0 amide bonds. The number of nitrogens with zero attached hydrogens (tertiary/aromatic N) is 4. The number of methoxy groups -OCH3 is 1. The third kappa shape index (κ3) is 3.89. The van der Waals surface area contributed by atoms with Crippen LogP contribution in [0.4, 0.5) is 11.8 Å². The molecule has 2 aromatic carbocycles. The van der Waals surface area contributed by atoms with Crippen LogP contribution >= 0.6 is 0 Å². The molecule has 3 N–H and O–H groups in total. The fraction of sp³-hybridized carbons (Fsp3) is 0.296. The van der Waals surface area contributed by atoms with Gasteiger partial charge in [0.15, 0.2) is 5.82 Å². The molecule has 1 aliphatic rings. The number of imidazole rings is 1. The molecule has 0 spiro atoms. The lowest BCUT2D eigenvalue weighted by Crippen LogP contribution is -2.15. The molecule has 0 saturated heterocycles. The molecule has 1 saturated carbocycles. The minimum Gasteiger partial charge on any atom is -0.496 e. The van der Waals surface area contributed by atoms with Crippen LogP contribution in [0.2, 0.25) is 0 Å². The first-order valence-electron chi connectivity index (χ1n) is 12.1. The Bertz CT molecular complexity index is 1500. The normalized spacial score (nSPS) is 14.6. The summed E-state index contributed by atoms with van der Waals surface area (Å²) in [6, 6.07) is 14.4. The molecule has 3 heterocycles. The number of hydrogen-bond acceptors (Lipinski definition) is 6. The largest absolute Gasteiger partial charge is 0.496 e. The van der Waals surface area contributed by atoms with Crippen LogP contribution in [0, 0.1) is 0 Å². The van der Waals surface area contributed by atoms with Crippen molar-refractivity contribution in [2.45, 2.75) is 44.8 Å². The summed E-state index contributed by atoms with van der Waals surface area (Å²) in [7, 11) is 1.67. The number of rotatable bonds is 6. The second-order valence-electron chi connectivity index (χ2n) is 9.11. The van der Waals surface area contributed by atoms with Gasteiger partial charge in [-0.1, -0.05) is 31.4 Å². The summed E-state index contributed by atoms with van der Waals surface area (Å²) in [6.07, 6.45) is 9.53. The van der Waals surface area contributed by atoms with E-state index in [1.807, 2.05) is 36.5 Å². The van der Waals surface area contributed by atoms with E-state index in [0.717, 1.165) is 69.0 Å². The summed E-state index contributed by atoms with van der Waals surface area (Å²) < 4.78 is 7.87. The number of ether oxygens (including phenoxy) is 1. The number of nitrogens with one attached hydrogen (secondary N) is 2. The van der Waals surface area contributed by atoms with Crippen LogP contribution in [0.15, 0.2) is 54.9 Å². The summed E-state index contributed by atoms with van der Waals surface area (Å²) >= 11 is 0. The Kier molecular flexibility index (Phi) is 5.58. The molecule has 1 fully saturated rings. The molecule has 5 aromatic rings. The van der Waals surface area contributed by atoms with E-state index in [9.17, 15) is 5.11 Å². The summed E-state index contributed by atoms with van der Waals surface area (Å²) in [4.78, 5) is 9.22. The van der Waals surface area contributed by atoms with Gasteiger partial charge >= 0.3 is 0 Å². The fourth-order valence-electron chi connectivity index (χ4n) is 5.20. The number of aromatic amines is 1. The third-order valence-corrected chi connectivity index (χ3v) is 6.98. The minimum absolute atomic E-state index is 0.000420. The second kappa shape index (κ2) is 9.03. The predicted octanol–water partition coefficient (Wildman–Crippen LogP) is 5.72. The zero-order valence-electron chi connectivity index (χ0n) is 19.7. The van der Waals surface area contributed by atoms with Gasteiger partial charge in [0.05, 0.1) is 30.3 Å². The maximum absolute atomic E-state index is 9.63. The van der Waals surface area contributed by atoms with Gasteiger partial charge in [0.25, 0.3) is 0 Å². The lowest BCUT2D eigenvalue weighted by molar-refractivity contribution is 0.282. The number of aromatic nitrogens is 5. The van der Waals surface area contributed by atoms with Crippen molar-refractivity contribution in [2.24, 2.45) is 0 Å². The molecule has 3 aromatic heterocycles. The molecule has 0 atom stereocenters. The number of H-pyrrole nitrogens is 1. The third-order valence-electron chi connectivity index (χ3n) is 6.98. The highest BCUT2D eigenvalue weighted by Gasteiger charge is 2.23. The summed E-state index contributed by atoms with van der Waals surface area (Å²) in [5, 5.41) is 21.8. The number of hydrogen-bond donors (Lipinski definition) is 3. The van der Waals surface area contributed by atoms with Crippen LogP contribution in [0.5, 0.6) is 5.75 Å². The molecular formula is C27H28N6O2. The standard InChI is InChI=1S/C27H28N6O2/c1-35-25-11-12-28-15-21(25)18-8-9-22-20(14-18)26(32-31-22)30-27-29-23-13-17(16-34)7-10-24(23)33(27)19-5-3-2-4-6-19/h7-15,19,34H,2-6,16H2,1H3,(H2,29,30,31,32). The Balaban J connectivity index is 1.44. The summed E-state index contributed by atoms with van der Waals surface area (Å²) in [5.41, 5.74) is 5.68. The van der Waals surface area contributed by atoms with Crippen molar-refractivity contribution in [1.82, 2.24) is 24.7 Å². The molecule has 6 rings (SSSR count). The number of aliphatic hydroxyl groups is 1. The Hall–Kier alpha value is -3.91. The van der Waals surface area contributed by atoms with Crippen LogP contribution < -0.4 is 10.1 Å². The first-order chi connectivity index (χ1) is 17.2. The second-order valence-corrected chi connectivity index (χ2v) is 9.11. The van der Waals surface area contributed by atoms with Crippen molar-refractivity contribution in [3.63, 3.8) is 0 Å². The number of anilines is 2. The van der Waals surface area contributed by atoms with Gasteiger partial charge in [-0.3, -0.25) is 10.1 Å². The monoisotopic (exact) mass is 468 g/mol.